The molecule has 0 aliphatic carbocycles. The summed E-state index contributed by atoms with van der Waals surface area (Å²) in [5.41, 5.74) is 0. The largest absolute Gasteiger partial charge is 0.480 e. The second kappa shape index (κ2) is 8.49. The van der Waals surface area contributed by atoms with E-state index in [1.165, 1.54) is 7.11 Å². The molecule has 1 unspecified atom stereocenters. The zero-order valence-corrected chi connectivity index (χ0v) is 12.6. The van der Waals surface area contributed by atoms with Gasteiger partial charge in [0, 0.05) is 19.5 Å². The van der Waals surface area contributed by atoms with Gasteiger partial charge in [0.25, 0.3) is 0 Å². The number of carboxylic acid groups (broad SMARTS) is 1. The number of esters is 1. The van der Waals surface area contributed by atoms with Crippen molar-refractivity contribution < 1.29 is 24.2 Å². The lowest BCUT2D eigenvalue weighted by Crippen LogP contribution is -2.48. The van der Waals surface area contributed by atoms with Crippen molar-refractivity contribution in [3.63, 3.8) is 0 Å². The molecule has 0 spiro atoms. The van der Waals surface area contributed by atoms with Gasteiger partial charge in [-0.2, -0.15) is 0 Å². The van der Waals surface area contributed by atoms with Gasteiger partial charge in [-0.3, -0.25) is 4.79 Å². The highest BCUT2D eigenvalue weighted by Crippen LogP contribution is 2.16. The van der Waals surface area contributed by atoms with E-state index >= 15 is 0 Å². The first-order chi connectivity index (χ1) is 9.93. The van der Waals surface area contributed by atoms with Crippen LogP contribution in [0.2, 0.25) is 0 Å². The van der Waals surface area contributed by atoms with Gasteiger partial charge in [-0.1, -0.05) is 6.92 Å². The fraction of sp³-hybridized carbons (Fsp3) is 0.786. The maximum absolute atomic E-state index is 12.1. The summed E-state index contributed by atoms with van der Waals surface area (Å²) in [6, 6.07) is -1.45. The van der Waals surface area contributed by atoms with E-state index < -0.39 is 18.0 Å². The summed E-state index contributed by atoms with van der Waals surface area (Å²) >= 11 is 0. The molecule has 2 atom stereocenters. The molecule has 7 heteroatoms. The number of aliphatic carboxylic acids is 1. The third-order valence-electron chi connectivity index (χ3n) is 3.76. The Labute approximate surface area is 124 Å². The molecule has 1 fully saturated rings. The molecule has 0 saturated carbocycles. The number of ether oxygens (including phenoxy) is 1. The lowest BCUT2D eigenvalue weighted by molar-refractivity contribution is -0.142. The number of amides is 2. The Kier molecular flexibility index (Phi) is 6.98. The highest BCUT2D eigenvalue weighted by Gasteiger charge is 2.25. The van der Waals surface area contributed by atoms with Crippen molar-refractivity contribution in [3.05, 3.63) is 0 Å². The van der Waals surface area contributed by atoms with Crippen LogP contribution in [0, 0.1) is 5.92 Å². The topological polar surface area (TPSA) is 95.9 Å². The first-order valence-corrected chi connectivity index (χ1v) is 7.29. The van der Waals surface area contributed by atoms with Crippen LogP contribution in [0.3, 0.4) is 0 Å². The van der Waals surface area contributed by atoms with E-state index in [2.05, 4.69) is 17.0 Å². The Balaban J connectivity index is 2.51. The van der Waals surface area contributed by atoms with Crippen LogP contribution >= 0.6 is 0 Å². The number of nitrogens with zero attached hydrogens (tertiary/aromatic N) is 1. The van der Waals surface area contributed by atoms with Crippen molar-refractivity contribution in [3.8, 4) is 0 Å². The Morgan fingerprint density at radius 3 is 2.67 bits per heavy atom. The van der Waals surface area contributed by atoms with Gasteiger partial charge in [0.05, 0.1) is 7.11 Å². The quantitative estimate of drug-likeness (QED) is 0.744. The number of carboxylic acids is 1. The number of carbonyl (C=O) groups excluding carboxylic acids is 2. The number of methoxy groups -OCH3 is 1. The molecule has 0 aromatic rings. The molecular formula is C14H24N2O5. The van der Waals surface area contributed by atoms with Crippen LogP contribution in [0.15, 0.2) is 0 Å². The zero-order chi connectivity index (χ0) is 15.8. The minimum atomic E-state index is -1.14. The van der Waals surface area contributed by atoms with Crippen LogP contribution in [0.4, 0.5) is 4.79 Å². The molecule has 21 heavy (non-hydrogen) atoms. The standard InChI is InChI=1S/C14H24N2O5/c1-10-4-3-8-16(9-7-10)14(20)15-11(13(18)19)5-6-12(17)21-2/h10-11H,3-9H2,1-2H3,(H,15,20)(H,18,19)/t10?,11-/m0/s1. The van der Waals surface area contributed by atoms with Crippen LogP contribution in [-0.4, -0.2) is 54.2 Å². The summed E-state index contributed by atoms with van der Waals surface area (Å²) < 4.78 is 4.47. The van der Waals surface area contributed by atoms with E-state index in [0.29, 0.717) is 19.0 Å². The molecular weight excluding hydrogens is 276 g/mol. The monoisotopic (exact) mass is 300 g/mol. The van der Waals surface area contributed by atoms with Crippen molar-refractivity contribution in [2.45, 2.75) is 45.1 Å². The molecule has 0 aromatic heterocycles. The third-order valence-corrected chi connectivity index (χ3v) is 3.76. The number of urea groups is 1. The molecule has 7 nitrogen and oxygen atoms in total. The van der Waals surface area contributed by atoms with Crippen LogP contribution in [0.1, 0.15) is 39.0 Å². The lowest BCUT2D eigenvalue weighted by Gasteiger charge is -2.23. The zero-order valence-electron chi connectivity index (χ0n) is 12.6. The number of hydrogen-bond donors (Lipinski definition) is 2. The Morgan fingerprint density at radius 2 is 2.05 bits per heavy atom. The van der Waals surface area contributed by atoms with E-state index in [1.807, 2.05) is 0 Å². The smallest absolute Gasteiger partial charge is 0.326 e. The van der Waals surface area contributed by atoms with Crippen LogP contribution in [0.5, 0.6) is 0 Å². The number of likely N-dealkylation sites (tertiary alicyclic amines) is 1. The molecule has 0 radical (unpaired) electrons. The molecule has 0 bridgehead atoms. The summed E-state index contributed by atoms with van der Waals surface area (Å²) in [5, 5.41) is 11.6. The molecule has 2 N–H and O–H groups in total. The molecule has 2 amide bonds. The Hall–Kier alpha value is -1.79. The Morgan fingerprint density at radius 1 is 1.33 bits per heavy atom. The number of hydrogen-bond acceptors (Lipinski definition) is 4. The van der Waals surface area contributed by atoms with Gasteiger partial charge >= 0.3 is 18.0 Å². The summed E-state index contributed by atoms with van der Waals surface area (Å²) in [7, 11) is 1.25. The molecule has 1 rings (SSSR count). The van der Waals surface area contributed by atoms with Gasteiger partial charge in [0.15, 0.2) is 0 Å². The van der Waals surface area contributed by atoms with Crippen LogP contribution in [0.25, 0.3) is 0 Å². The van der Waals surface area contributed by atoms with Crippen molar-refractivity contribution in [1.29, 1.82) is 0 Å². The second-order valence-corrected chi connectivity index (χ2v) is 5.48. The summed E-state index contributed by atoms with van der Waals surface area (Å²) in [5.74, 6) is -1.05. The summed E-state index contributed by atoms with van der Waals surface area (Å²) in [6.07, 6.45) is 2.92. The van der Waals surface area contributed by atoms with Gasteiger partial charge in [-0.15, -0.1) is 0 Å². The minimum absolute atomic E-state index is 0.0258. The molecule has 1 saturated heterocycles. The fourth-order valence-electron chi connectivity index (χ4n) is 2.33. The average Bonchev–Trinajstić information content (AvgIpc) is 2.67. The van der Waals surface area contributed by atoms with Gasteiger partial charge < -0.3 is 20.1 Å². The lowest BCUT2D eigenvalue weighted by atomic mass is 10.0. The molecule has 1 heterocycles. The minimum Gasteiger partial charge on any atom is -0.480 e. The van der Waals surface area contributed by atoms with Gasteiger partial charge in [-0.25, -0.2) is 9.59 Å². The van der Waals surface area contributed by atoms with E-state index in [1.54, 1.807) is 4.90 Å². The van der Waals surface area contributed by atoms with Gasteiger partial charge in [0.1, 0.15) is 6.04 Å². The van der Waals surface area contributed by atoms with E-state index in [4.69, 9.17) is 5.11 Å². The second-order valence-electron chi connectivity index (χ2n) is 5.48. The first kappa shape index (κ1) is 17.3. The molecule has 120 valence electrons. The predicted molar refractivity (Wildman–Crippen MR) is 75.8 cm³/mol. The highest BCUT2D eigenvalue weighted by atomic mass is 16.5. The summed E-state index contributed by atoms with van der Waals surface area (Å²) in [4.78, 5) is 36.0. The number of nitrogens with one attached hydrogen (secondary N) is 1. The normalized spacial score (nSPS) is 20.3. The predicted octanol–water partition coefficient (Wildman–Crippen LogP) is 1.22. The summed E-state index contributed by atoms with van der Waals surface area (Å²) in [6.45, 7) is 3.42. The molecule has 1 aliphatic rings. The third kappa shape index (κ3) is 6.01. The van der Waals surface area contributed by atoms with Crippen LogP contribution < -0.4 is 5.32 Å². The highest BCUT2D eigenvalue weighted by molar-refractivity contribution is 5.83. The fourth-order valence-corrected chi connectivity index (χ4v) is 2.33. The van der Waals surface area contributed by atoms with E-state index in [-0.39, 0.29) is 18.9 Å². The average molecular weight is 300 g/mol. The van der Waals surface area contributed by atoms with Gasteiger partial charge in [0.2, 0.25) is 0 Å². The van der Waals surface area contributed by atoms with E-state index in [0.717, 1.165) is 19.3 Å². The van der Waals surface area contributed by atoms with Gasteiger partial charge in [-0.05, 0) is 31.6 Å². The number of carbonyl (C=O) groups is 3. The number of rotatable bonds is 5. The molecule has 1 aliphatic heterocycles. The van der Waals surface area contributed by atoms with Crippen molar-refractivity contribution in [1.82, 2.24) is 10.2 Å². The maximum Gasteiger partial charge on any atom is 0.326 e. The molecule has 0 aromatic carbocycles. The van der Waals surface area contributed by atoms with Crippen LogP contribution in [-0.2, 0) is 14.3 Å². The van der Waals surface area contributed by atoms with Crippen molar-refractivity contribution >= 4 is 18.0 Å². The van der Waals surface area contributed by atoms with E-state index in [9.17, 15) is 14.4 Å². The first-order valence-electron chi connectivity index (χ1n) is 7.29. The maximum atomic E-state index is 12.1. The van der Waals surface area contributed by atoms with Crippen molar-refractivity contribution in [2.24, 2.45) is 5.92 Å². The van der Waals surface area contributed by atoms with Crippen molar-refractivity contribution in [2.75, 3.05) is 20.2 Å². The SMILES string of the molecule is COC(=O)CC[C@H](NC(=O)N1CCCC(C)CC1)C(=O)O. The Bertz CT molecular complexity index is 386.